The maximum absolute atomic E-state index is 13.5. The Morgan fingerprint density at radius 3 is 2.68 bits per heavy atom. The van der Waals surface area contributed by atoms with Crippen molar-refractivity contribution in [3.63, 3.8) is 0 Å². The Hall–Kier alpha value is -2.13. The molecule has 6 heteroatoms. The molecule has 6 nitrogen and oxygen atoms in total. The molecule has 0 unspecified atom stereocenters. The van der Waals surface area contributed by atoms with Gasteiger partial charge >= 0.3 is 0 Å². The summed E-state index contributed by atoms with van der Waals surface area (Å²) < 4.78 is 0. The van der Waals surface area contributed by atoms with Gasteiger partial charge in [0.25, 0.3) is 0 Å². The normalized spacial score (nSPS) is 30.7. The summed E-state index contributed by atoms with van der Waals surface area (Å²) in [5, 5.41) is 9.79. The molecule has 0 bridgehead atoms. The average molecular weight is 383 g/mol. The van der Waals surface area contributed by atoms with Crippen molar-refractivity contribution >= 4 is 17.4 Å². The van der Waals surface area contributed by atoms with E-state index in [4.69, 9.17) is 6.57 Å². The molecule has 150 valence electrons. The van der Waals surface area contributed by atoms with Crippen LogP contribution in [0.3, 0.4) is 0 Å². The topological polar surface area (TPSA) is 61.0 Å². The van der Waals surface area contributed by atoms with Crippen LogP contribution in [0.2, 0.25) is 0 Å². The first-order valence-corrected chi connectivity index (χ1v) is 10.5. The Bertz CT molecular complexity index is 809. The van der Waals surface area contributed by atoms with Gasteiger partial charge in [0.05, 0.1) is 18.1 Å². The minimum Gasteiger partial charge on any atom is -0.393 e. The monoisotopic (exact) mass is 382 g/mol. The second kappa shape index (κ2) is 7.36. The number of anilines is 1. The highest BCUT2D eigenvalue weighted by molar-refractivity contribution is 5.86. The first-order valence-electron chi connectivity index (χ1n) is 10.5. The smallest absolute Gasteiger partial charge is 0.231 e. The molecule has 1 aromatic heterocycles. The van der Waals surface area contributed by atoms with E-state index in [-0.39, 0.29) is 23.5 Å². The summed E-state index contributed by atoms with van der Waals surface area (Å²) in [6, 6.07) is 2.24. The van der Waals surface area contributed by atoms with Crippen molar-refractivity contribution in [3.05, 3.63) is 28.7 Å². The number of amides is 1. The van der Waals surface area contributed by atoms with Crippen molar-refractivity contribution in [1.29, 1.82) is 0 Å². The molecular formula is C22H30N4O2. The summed E-state index contributed by atoms with van der Waals surface area (Å²) in [6.07, 6.45) is 5.99. The fourth-order valence-electron chi connectivity index (χ4n) is 5.43. The number of carbonyl (C=O) groups is 1. The lowest BCUT2D eigenvalue weighted by Gasteiger charge is -2.41. The van der Waals surface area contributed by atoms with Crippen LogP contribution in [-0.2, 0) is 4.79 Å². The van der Waals surface area contributed by atoms with Crippen molar-refractivity contribution in [3.8, 4) is 0 Å². The van der Waals surface area contributed by atoms with Crippen molar-refractivity contribution in [2.24, 2.45) is 5.41 Å². The quantitative estimate of drug-likeness (QED) is 0.797. The van der Waals surface area contributed by atoms with Gasteiger partial charge in [0.1, 0.15) is 5.82 Å². The number of hydrogen-bond acceptors (Lipinski definition) is 4. The molecular weight excluding hydrogens is 352 g/mol. The summed E-state index contributed by atoms with van der Waals surface area (Å²) in [5.41, 5.74) is 2.15. The molecule has 0 aromatic carbocycles. The van der Waals surface area contributed by atoms with E-state index in [1.807, 2.05) is 19.9 Å². The van der Waals surface area contributed by atoms with Crippen LogP contribution in [0.25, 0.3) is 4.85 Å². The molecule has 0 radical (unpaired) electrons. The predicted octanol–water partition coefficient (Wildman–Crippen LogP) is 3.37. The number of likely N-dealkylation sites (tertiary alicyclic amines) is 1. The number of nitrogens with zero attached hydrogens (tertiary/aromatic N) is 4. The lowest BCUT2D eigenvalue weighted by Crippen LogP contribution is -2.50. The van der Waals surface area contributed by atoms with Gasteiger partial charge in [-0.2, -0.15) is 0 Å². The van der Waals surface area contributed by atoms with Gasteiger partial charge in [0.15, 0.2) is 0 Å². The molecule has 1 atom stereocenters. The Morgan fingerprint density at radius 2 is 1.96 bits per heavy atom. The van der Waals surface area contributed by atoms with E-state index in [0.29, 0.717) is 12.2 Å². The van der Waals surface area contributed by atoms with Crippen LogP contribution >= 0.6 is 0 Å². The summed E-state index contributed by atoms with van der Waals surface area (Å²) in [6.45, 7) is 13.9. The Morgan fingerprint density at radius 1 is 1.21 bits per heavy atom. The van der Waals surface area contributed by atoms with Crippen molar-refractivity contribution in [2.75, 3.05) is 24.5 Å². The summed E-state index contributed by atoms with van der Waals surface area (Å²) >= 11 is 0. The number of carbonyl (C=O) groups excluding carboxylic acids is 1. The number of pyridine rings is 1. The molecule has 1 N–H and O–H groups in total. The number of aliphatic hydroxyl groups is 1. The number of piperidine rings is 1. The van der Waals surface area contributed by atoms with Crippen LogP contribution in [0.4, 0.5) is 11.5 Å². The number of hydrogen-bond donors (Lipinski definition) is 1. The summed E-state index contributed by atoms with van der Waals surface area (Å²) in [7, 11) is 0. The van der Waals surface area contributed by atoms with Gasteiger partial charge in [-0.1, -0.05) is 0 Å². The van der Waals surface area contributed by atoms with Gasteiger partial charge in [0, 0.05) is 31.4 Å². The molecule has 4 rings (SSSR count). The van der Waals surface area contributed by atoms with E-state index in [1.54, 1.807) is 0 Å². The van der Waals surface area contributed by atoms with E-state index in [0.717, 1.165) is 75.1 Å². The van der Waals surface area contributed by atoms with E-state index < -0.39 is 0 Å². The van der Waals surface area contributed by atoms with Gasteiger partial charge in [0.2, 0.25) is 11.6 Å². The zero-order chi connectivity index (χ0) is 19.9. The third-order valence-corrected chi connectivity index (χ3v) is 6.93. The Kier molecular flexibility index (Phi) is 5.05. The van der Waals surface area contributed by atoms with E-state index >= 15 is 0 Å². The van der Waals surface area contributed by atoms with Crippen LogP contribution in [0, 0.1) is 25.8 Å². The van der Waals surface area contributed by atoms with Gasteiger partial charge in [-0.3, -0.25) is 4.79 Å². The fourth-order valence-corrected chi connectivity index (χ4v) is 5.43. The molecule has 1 amide bonds. The lowest BCUT2D eigenvalue weighted by atomic mass is 9.78. The minimum atomic E-state index is -0.340. The number of aliphatic hydroxyl groups excluding tert-OH is 1. The van der Waals surface area contributed by atoms with Crippen molar-refractivity contribution in [2.45, 2.75) is 70.9 Å². The third-order valence-electron chi connectivity index (χ3n) is 6.93. The molecule has 3 heterocycles. The standard InChI is InChI=1S/C22H30N4O2/c1-15-13-16(2)24-20(19(15)23-3)25-11-4-9-22(14-25)10-12-26(21(22)28)17-5-7-18(27)8-6-17/h13,17-18,27H,4-12,14H2,1-2H3/t17?,18?,22-/m1/s1. The van der Waals surface area contributed by atoms with Crippen LogP contribution in [0.5, 0.6) is 0 Å². The first kappa shape index (κ1) is 19.2. The molecule has 28 heavy (non-hydrogen) atoms. The van der Waals surface area contributed by atoms with Gasteiger partial charge in [-0.05, 0) is 70.4 Å². The molecule has 2 aliphatic heterocycles. The number of aromatic nitrogens is 1. The third kappa shape index (κ3) is 3.26. The predicted molar refractivity (Wildman–Crippen MR) is 108 cm³/mol. The van der Waals surface area contributed by atoms with Crippen LogP contribution in [0.15, 0.2) is 6.07 Å². The number of aryl methyl sites for hydroxylation is 2. The zero-order valence-electron chi connectivity index (χ0n) is 16.9. The Balaban J connectivity index is 1.56. The van der Waals surface area contributed by atoms with Gasteiger partial charge < -0.3 is 14.9 Å². The van der Waals surface area contributed by atoms with Gasteiger partial charge in [-0.25, -0.2) is 9.83 Å². The molecule has 3 fully saturated rings. The molecule has 1 aromatic rings. The highest BCUT2D eigenvalue weighted by Gasteiger charge is 2.51. The molecule has 3 aliphatic rings. The second-order valence-corrected chi connectivity index (χ2v) is 8.88. The summed E-state index contributed by atoms with van der Waals surface area (Å²) in [5.74, 6) is 1.03. The SMILES string of the molecule is [C-]#[N+]c1c(C)cc(C)nc1N1CCC[C@@]2(CCN(C3CCC(O)CC3)C2=O)C1. The van der Waals surface area contributed by atoms with Crippen LogP contribution in [-0.4, -0.2) is 52.7 Å². The number of rotatable bonds is 2. The van der Waals surface area contributed by atoms with E-state index in [9.17, 15) is 9.90 Å². The van der Waals surface area contributed by atoms with E-state index in [2.05, 4.69) is 19.6 Å². The Labute approximate surface area is 167 Å². The lowest BCUT2D eigenvalue weighted by molar-refractivity contribution is -0.139. The van der Waals surface area contributed by atoms with E-state index in [1.165, 1.54) is 0 Å². The molecule has 1 saturated carbocycles. The zero-order valence-corrected chi connectivity index (χ0v) is 16.9. The maximum Gasteiger partial charge on any atom is 0.231 e. The fraction of sp³-hybridized carbons (Fsp3) is 0.682. The summed E-state index contributed by atoms with van der Waals surface area (Å²) in [4.78, 5) is 26.2. The maximum atomic E-state index is 13.5. The molecule has 1 aliphatic carbocycles. The largest absolute Gasteiger partial charge is 0.393 e. The first-order chi connectivity index (χ1) is 13.4. The van der Waals surface area contributed by atoms with Crippen molar-refractivity contribution < 1.29 is 9.90 Å². The minimum absolute atomic E-state index is 0.198. The van der Waals surface area contributed by atoms with Crippen molar-refractivity contribution in [1.82, 2.24) is 9.88 Å². The van der Waals surface area contributed by atoms with Crippen LogP contribution in [0.1, 0.15) is 56.2 Å². The highest BCUT2D eigenvalue weighted by atomic mass is 16.3. The molecule has 1 spiro atoms. The highest BCUT2D eigenvalue weighted by Crippen LogP contribution is 2.44. The van der Waals surface area contributed by atoms with Crippen LogP contribution < -0.4 is 4.90 Å². The second-order valence-electron chi connectivity index (χ2n) is 8.88. The molecule has 2 saturated heterocycles. The average Bonchev–Trinajstić information content (AvgIpc) is 2.98. The van der Waals surface area contributed by atoms with Gasteiger partial charge in [-0.15, -0.1) is 0 Å².